The number of aryl methyl sites for hydroxylation is 1. The summed E-state index contributed by atoms with van der Waals surface area (Å²) in [5.41, 5.74) is 2.84. The van der Waals surface area contributed by atoms with Crippen LogP contribution in [0.25, 0.3) is 10.9 Å². The van der Waals surface area contributed by atoms with Gasteiger partial charge in [0.15, 0.2) is 0 Å². The number of hydrogen-bond donors (Lipinski definition) is 1. The van der Waals surface area contributed by atoms with Gasteiger partial charge in [0, 0.05) is 18.3 Å². The molecule has 2 nitrogen and oxygen atoms in total. The second-order valence-corrected chi connectivity index (χ2v) is 5.15. The van der Waals surface area contributed by atoms with Crippen LogP contribution in [0.3, 0.4) is 0 Å². The van der Waals surface area contributed by atoms with Crippen molar-refractivity contribution in [2.45, 2.75) is 19.3 Å². The first-order chi connectivity index (χ1) is 8.34. The highest BCUT2D eigenvalue weighted by atomic mass is 14.9. The first kappa shape index (κ1) is 10.8. The Balaban J connectivity index is 1.87. The summed E-state index contributed by atoms with van der Waals surface area (Å²) in [5.74, 6) is 0.860. The zero-order valence-electron chi connectivity index (χ0n) is 10.4. The first-order valence-electron chi connectivity index (χ1n) is 6.58. The molecule has 90 valence electrons. The predicted octanol–water partition coefficient (Wildman–Crippen LogP) is 2.72. The van der Waals surface area contributed by atoms with Crippen molar-refractivity contribution in [3.63, 3.8) is 0 Å². The van der Waals surface area contributed by atoms with Crippen molar-refractivity contribution in [1.82, 2.24) is 9.88 Å². The lowest BCUT2D eigenvalue weighted by atomic mass is 9.93. The maximum Gasteiger partial charge on any atom is 0.0479 e. The Hall–Kier alpha value is -1.28. The fourth-order valence-electron chi connectivity index (χ4n) is 2.92. The second kappa shape index (κ2) is 4.53. The standard InChI is InChI=1S/C15H20N2/c1-17-14(10-12-6-8-16-9-7-12)11-13-4-2-3-5-15(13)17/h2-5,11-12,16H,6-10H2,1H3. The van der Waals surface area contributed by atoms with Crippen LogP contribution in [0.15, 0.2) is 30.3 Å². The van der Waals surface area contributed by atoms with Crippen molar-refractivity contribution < 1.29 is 0 Å². The maximum atomic E-state index is 3.43. The fourth-order valence-corrected chi connectivity index (χ4v) is 2.92. The van der Waals surface area contributed by atoms with Gasteiger partial charge in [-0.15, -0.1) is 0 Å². The van der Waals surface area contributed by atoms with E-state index in [-0.39, 0.29) is 0 Å². The summed E-state index contributed by atoms with van der Waals surface area (Å²) in [7, 11) is 2.19. The molecule has 1 fully saturated rings. The van der Waals surface area contributed by atoms with Crippen molar-refractivity contribution in [3.05, 3.63) is 36.0 Å². The Bertz CT molecular complexity index is 507. The Labute approximate surface area is 103 Å². The predicted molar refractivity (Wildman–Crippen MR) is 72.2 cm³/mol. The van der Waals surface area contributed by atoms with Crippen LogP contribution in [0.1, 0.15) is 18.5 Å². The largest absolute Gasteiger partial charge is 0.348 e. The van der Waals surface area contributed by atoms with Crippen LogP contribution in [-0.4, -0.2) is 17.7 Å². The minimum absolute atomic E-state index is 0.860. The van der Waals surface area contributed by atoms with Crippen LogP contribution in [0.4, 0.5) is 0 Å². The molecular weight excluding hydrogens is 208 g/mol. The van der Waals surface area contributed by atoms with Gasteiger partial charge in [-0.25, -0.2) is 0 Å². The number of benzene rings is 1. The van der Waals surface area contributed by atoms with E-state index < -0.39 is 0 Å². The number of hydrogen-bond acceptors (Lipinski definition) is 1. The zero-order valence-corrected chi connectivity index (χ0v) is 10.4. The molecule has 2 heterocycles. The number of rotatable bonds is 2. The number of aromatic nitrogens is 1. The van der Waals surface area contributed by atoms with E-state index in [0.29, 0.717) is 0 Å². The molecule has 3 rings (SSSR count). The molecule has 1 aromatic carbocycles. The minimum Gasteiger partial charge on any atom is -0.348 e. The van der Waals surface area contributed by atoms with Crippen LogP contribution >= 0.6 is 0 Å². The maximum absolute atomic E-state index is 3.43. The number of fused-ring (bicyclic) bond motifs is 1. The van der Waals surface area contributed by atoms with Crippen molar-refractivity contribution in [1.29, 1.82) is 0 Å². The Morgan fingerprint density at radius 1 is 1.24 bits per heavy atom. The number of nitrogens with one attached hydrogen (secondary N) is 1. The van der Waals surface area contributed by atoms with Gasteiger partial charge in [-0.3, -0.25) is 0 Å². The normalized spacial score (nSPS) is 17.7. The van der Waals surface area contributed by atoms with Crippen LogP contribution < -0.4 is 5.32 Å². The Morgan fingerprint density at radius 2 is 2.00 bits per heavy atom. The van der Waals surface area contributed by atoms with Crippen molar-refractivity contribution in [2.75, 3.05) is 13.1 Å². The molecule has 0 saturated carbocycles. The molecule has 0 aliphatic carbocycles. The lowest BCUT2D eigenvalue weighted by molar-refractivity contribution is 0.368. The van der Waals surface area contributed by atoms with E-state index in [0.717, 1.165) is 5.92 Å². The van der Waals surface area contributed by atoms with E-state index in [9.17, 15) is 0 Å². The van der Waals surface area contributed by atoms with Crippen molar-refractivity contribution in [2.24, 2.45) is 13.0 Å². The molecule has 1 aliphatic rings. The topological polar surface area (TPSA) is 17.0 Å². The lowest BCUT2D eigenvalue weighted by Gasteiger charge is -2.22. The molecule has 0 amide bonds. The van der Waals surface area contributed by atoms with Crippen LogP contribution in [0.5, 0.6) is 0 Å². The summed E-state index contributed by atoms with van der Waals surface area (Å²) < 4.78 is 2.36. The number of para-hydroxylation sites is 1. The molecule has 1 aromatic heterocycles. The monoisotopic (exact) mass is 228 g/mol. The third kappa shape index (κ3) is 2.09. The fraction of sp³-hybridized carbons (Fsp3) is 0.467. The lowest BCUT2D eigenvalue weighted by Crippen LogP contribution is -2.29. The van der Waals surface area contributed by atoms with Gasteiger partial charge in [-0.2, -0.15) is 0 Å². The zero-order chi connectivity index (χ0) is 11.7. The SMILES string of the molecule is Cn1c(CC2CCNCC2)cc2ccccc21. The molecule has 1 N–H and O–H groups in total. The average molecular weight is 228 g/mol. The Kier molecular flexibility index (Phi) is 2.89. The van der Waals surface area contributed by atoms with Gasteiger partial charge in [0.1, 0.15) is 0 Å². The van der Waals surface area contributed by atoms with Gasteiger partial charge in [-0.05, 0) is 55.8 Å². The molecule has 0 unspecified atom stereocenters. The highest BCUT2D eigenvalue weighted by Gasteiger charge is 2.15. The summed E-state index contributed by atoms with van der Waals surface area (Å²) in [6.07, 6.45) is 3.87. The van der Waals surface area contributed by atoms with Crippen LogP contribution in [0.2, 0.25) is 0 Å². The average Bonchev–Trinajstić information content (AvgIpc) is 2.68. The number of piperidine rings is 1. The highest BCUT2D eigenvalue weighted by Crippen LogP contribution is 2.23. The van der Waals surface area contributed by atoms with E-state index >= 15 is 0 Å². The molecular formula is C15H20N2. The van der Waals surface area contributed by atoms with E-state index in [4.69, 9.17) is 0 Å². The van der Waals surface area contributed by atoms with Gasteiger partial charge in [0.05, 0.1) is 0 Å². The molecule has 1 saturated heterocycles. The van der Waals surface area contributed by atoms with Gasteiger partial charge in [0.2, 0.25) is 0 Å². The summed E-state index contributed by atoms with van der Waals surface area (Å²) in [6.45, 7) is 2.38. The summed E-state index contributed by atoms with van der Waals surface area (Å²) in [6, 6.07) is 11.0. The van der Waals surface area contributed by atoms with Gasteiger partial charge < -0.3 is 9.88 Å². The molecule has 17 heavy (non-hydrogen) atoms. The summed E-state index contributed by atoms with van der Waals surface area (Å²) in [5, 5.41) is 4.81. The summed E-state index contributed by atoms with van der Waals surface area (Å²) in [4.78, 5) is 0. The smallest absolute Gasteiger partial charge is 0.0479 e. The van der Waals surface area contributed by atoms with Gasteiger partial charge in [0.25, 0.3) is 0 Å². The van der Waals surface area contributed by atoms with E-state index in [1.807, 2.05) is 0 Å². The molecule has 0 atom stereocenters. The molecule has 1 aliphatic heterocycles. The van der Waals surface area contributed by atoms with Gasteiger partial charge >= 0.3 is 0 Å². The molecule has 0 spiro atoms. The van der Waals surface area contributed by atoms with Crippen LogP contribution in [-0.2, 0) is 13.5 Å². The third-order valence-electron chi connectivity index (χ3n) is 4.01. The second-order valence-electron chi connectivity index (χ2n) is 5.15. The minimum atomic E-state index is 0.860. The summed E-state index contributed by atoms with van der Waals surface area (Å²) >= 11 is 0. The van der Waals surface area contributed by atoms with E-state index in [1.165, 1.54) is 48.9 Å². The molecule has 0 bridgehead atoms. The van der Waals surface area contributed by atoms with Crippen LogP contribution in [0, 0.1) is 5.92 Å². The van der Waals surface area contributed by atoms with Crippen molar-refractivity contribution >= 4 is 10.9 Å². The number of nitrogens with zero attached hydrogens (tertiary/aromatic N) is 1. The molecule has 2 aromatic rings. The first-order valence-corrected chi connectivity index (χ1v) is 6.58. The quantitative estimate of drug-likeness (QED) is 0.836. The highest BCUT2D eigenvalue weighted by molar-refractivity contribution is 5.81. The van der Waals surface area contributed by atoms with E-state index in [1.54, 1.807) is 0 Å². The van der Waals surface area contributed by atoms with Gasteiger partial charge in [-0.1, -0.05) is 18.2 Å². The molecule has 2 heteroatoms. The third-order valence-corrected chi connectivity index (χ3v) is 4.01. The van der Waals surface area contributed by atoms with Crippen molar-refractivity contribution in [3.8, 4) is 0 Å². The Morgan fingerprint density at radius 3 is 2.76 bits per heavy atom. The van der Waals surface area contributed by atoms with E-state index in [2.05, 4.69) is 47.3 Å². The molecule has 0 radical (unpaired) electrons.